The van der Waals surface area contributed by atoms with Gasteiger partial charge in [0.25, 0.3) is 0 Å². The summed E-state index contributed by atoms with van der Waals surface area (Å²) in [6.07, 6.45) is 1.83. The van der Waals surface area contributed by atoms with Crippen molar-refractivity contribution in [1.29, 1.82) is 0 Å². The van der Waals surface area contributed by atoms with Crippen LogP contribution >= 0.6 is 0 Å². The van der Waals surface area contributed by atoms with Gasteiger partial charge < -0.3 is 14.8 Å². The third-order valence-corrected chi connectivity index (χ3v) is 6.56. The lowest BCUT2D eigenvalue weighted by molar-refractivity contribution is -0.137. The number of rotatable bonds is 5. The first kappa shape index (κ1) is 21.0. The maximum absolute atomic E-state index is 13.0. The molecule has 0 bridgehead atoms. The van der Waals surface area contributed by atoms with Crippen molar-refractivity contribution in [3.05, 3.63) is 29.1 Å². The Kier molecular flexibility index (Phi) is 6.44. The van der Waals surface area contributed by atoms with Crippen LogP contribution in [-0.4, -0.2) is 61.5 Å². The largest absolute Gasteiger partial charge is 0.417 e. The summed E-state index contributed by atoms with van der Waals surface area (Å²) in [4.78, 5) is 6.36. The Morgan fingerprint density at radius 1 is 1.31 bits per heavy atom. The Hall–Kier alpha value is -1.22. The number of hydrogen-bond donors (Lipinski definition) is 1. The molecule has 3 aliphatic rings. The van der Waals surface area contributed by atoms with Crippen LogP contribution in [0.1, 0.15) is 42.5 Å². The number of aromatic nitrogens is 1. The standard InChI is InChI=1S/C21H30F3N3O2/c1-28-20-13-29-7-5-19(20)26-17-3-2-14(8-17)11-27-6-4-18-15(12-27)9-16(10-25-18)21(22,23)24/h9-10,14,17,19-20,26H,2-8,11-13H2,1H3. The fourth-order valence-corrected chi connectivity index (χ4v) is 4.99. The Bertz CT molecular complexity index is 700. The highest BCUT2D eigenvalue weighted by Gasteiger charge is 2.34. The highest BCUT2D eigenvalue weighted by Crippen LogP contribution is 2.32. The van der Waals surface area contributed by atoms with Gasteiger partial charge in [-0.2, -0.15) is 13.2 Å². The fourth-order valence-electron chi connectivity index (χ4n) is 4.99. The topological polar surface area (TPSA) is 46.6 Å². The van der Waals surface area contributed by atoms with Gasteiger partial charge in [-0.1, -0.05) is 0 Å². The Morgan fingerprint density at radius 2 is 2.17 bits per heavy atom. The molecule has 0 aromatic carbocycles. The van der Waals surface area contributed by atoms with E-state index in [2.05, 4.69) is 15.2 Å². The normalized spacial score (nSPS) is 31.0. The first-order valence-electron chi connectivity index (χ1n) is 10.6. The lowest BCUT2D eigenvalue weighted by Gasteiger charge is -2.33. The number of ether oxygens (including phenoxy) is 2. The van der Waals surface area contributed by atoms with Gasteiger partial charge in [0.15, 0.2) is 0 Å². The first-order valence-corrected chi connectivity index (χ1v) is 10.6. The molecule has 0 radical (unpaired) electrons. The van der Waals surface area contributed by atoms with Gasteiger partial charge in [0.2, 0.25) is 0 Å². The van der Waals surface area contributed by atoms with Gasteiger partial charge >= 0.3 is 6.18 Å². The van der Waals surface area contributed by atoms with E-state index in [1.807, 2.05) is 0 Å². The monoisotopic (exact) mass is 413 g/mol. The molecule has 2 fully saturated rings. The highest BCUT2D eigenvalue weighted by molar-refractivity contribution is 5.29. The van der Waals surface area contributed by atoms with E-state index in [9.17, 15) is 13.2 Å². The van der Waals surface area contributed by atoms with Gasteiger partial charge in [-0.05, 0) is 43.2 Å². The van der Waals surface area contributed by atoms with Gasteiger partial charge in [-0.3, -0.25) is 9.88 Å². The molecule has 2 aliphatic heterocycles. The lowest BCUT2D eigenvalue weighted by atomic mass is 10.0. The second kappa shape index (κ2) is 8.88. The van der Waals surface area contributed by atoms with Crippen molar-refractivity contribution in [2.75, 3.05) is 33.4 Å². The molecule has 1 aliphatic carbocycles. The number of pyridine rings is 1. The molecule has 1 aromatic rings. The number of alkyl halides is 3. The molecular weight excluding hydrogens is 383 g/mol. The predicted molar refractivity (Wildman–Crippen MR) is 103 cm³/mol. The third kappa shape index (κ3) is 5.10. The molecule has 4 atom stereocenters. The van der Waals surface area contributed by atoms with E-state index in [-0.39, 0.29) is 6.10 Å². The number of fused-ring (bicyclic) bond motifs is 1. The molecule has 4 rings (SSSR count). The molecule has 0 spiro atoms. The summed E-state index contributed by atoms with van der Waals surface area (Å²) in [5.74, 6) is 0.577. The number of halogens is 3. The molecule has 29 heavy (non-hydrogen) atoms. The van der Waals surface area contributed by atoms with Crippen LogP contribution in [0.5, 0.6) is 0 Å². The zero-order chi connectivity index (χ0) is 20.4. The molecule has 5 nitrogen and oxygen atoms in total. The van der Waals surface area contributed by atoms with Gasteiger partial charge in [0.05, 0.1) is 18.3 Å². The summed E-state index contributed by atoms with van der Waals surface area (Å²) in [6.45, 7) is 3.79. The van der Waals surface area contributed by atoms with Crippen molar-refractivity contribution in [1.82, 2.24) is 15.2 Å². The minimum atomic E-state index is -4.33. The third-order valence-electron chi connectivity index (χ3n) is 6.56. The van der Waals surface area contributed by atoms with Crippen molar-refractivity contribution in [2.24, 2.45) is 5.92 Å². The Morgan fingerprint density at radius 3 is 2.97 bits per heavy atom. The molecule has 1 saturated carbocycles. The number of nitrogens with one attached hydrogen (secondary N) is 1. The summed E-state index contributed by atoms with van der Waals surface area (Å²) in [6, 6.07) is 2.10. The molecule has 1 saturated heterocycles. The van der Waals surface area contributed by atoms with Crippen LogP contribution in [0.25, 0.3) is 0 Å². The van der Waals surface area contributed by atoms with Gasteiger partial charge in [-0.25, -0.2) is 0 Å². The van der Waals surface area contributed by atoms with Crippen molar-refractivity contribution < 1.29 is 22.6 Å². The first-order chi connectivity index (χ1) is 13.9. The van der Waals surface area contributed by atoms with E-state index in [1.54, 1.807) is 7.11 Å². The minimum absolute atomic E-state index is 0.108. The summed E-state index contributed by atoms with van der Waals surface area (Å²) < 4.78 is 50.0. The van der Waals surface area contributed by atoms with Crippen LogP contribution in [0.2, 0.25) is 0 Å². The van der Waals surface area contributed by atoms with Gasteiger partial charge in [0, 0.05) is 63.7 Å². The summed E-state index contributed by atoms with van der Waals surface area (Å²) in [5.41, 5.74) is 0.890. The van der Waals surface area contributed by atoms with Crippen molar-refractivity contribution in [2.45, 2.75) is 63.0 Å². The second-order valence-electron chi connectivity index (χ2n) is 8.60. The second-order valence-corrected chi connectivity index (χ2v) is 8.60. The summed E-state index contributed by atoms with van der Waals surface area (Å²) >= 11 is 0. The smallest absolute Gasteiger partial charge is 0.379 e. The molecule has 1 aromatic heterocycles. The number of methoxy groups -OCH3 is 1. The molecular formula is C21H30F3N3O2. The Balaban J connectivity index is 1.30. The summed E-state index contributed by atoms with van der Waals surface area (Å²) in [7, 11) is 1.73. The van der Waals surface area contributed by atoms with Crippen LogP contribution < -0.4 is 5.32 Å². The SMILES string of the molecule is COC1COCCC1NC1CCC(CN2CCc3ncc(C(F)(F)F)cc3C2)C1. The van der Waals surface area contributed by atoms with E-state index in [4.69, 9.17) is 9.47 Å². The molecule has 3 heterocycles. The van der Waals surface area contributed by atoms with Crippen LogP contribution in [0.3, 0.4) is 0 Å². The van der Waals surface area contributed by atoms with Crippen LogP contribution in [0.4, 0.5) is 13.2 Å². The molecule has 8 heteroatoms. The lowest BCUT2D eigenvalue weighted by Crippen LogP contribution is -2.50. The van der Waals surface area contributed by atoms with E-state index in [1.165, 1.54) is 6.07 Å². The quantitative estimate of drug-likeness (QED) is 0.804. The van der Waals surface area contributed by atoms with Crippen LogP contribution in [0.15, 0.2) is 12.3 Å². The number of nitrogens with zero attached hydrogens (tertiary/aromatic N) is 2. The van der Waals surface area contributed by atoms with Crippen molar-refractivity contribution in [3.63, 3.8) is 0 Å². The zero-order valence-corrected chi connectivity index (χ0v) is 16.9. The van der Waals surface area contributed by atoms with Crippen molar-refractivity contribution >= 4 is 0 Å². The highest BCUT2D eigenvalue weighted by atomic mass is 19.4. The maximum atomic E-state index is 13.0. The fraction of sp³-hybridized carbons (Fsp3) is 0.762. The minimum Gasteiger partial charge on any atom is -0.379 e. The molecule has 162 valence electrons. The van der Waals surface area contributed by atoms with Crippen LogP contribution in [-0.2, 0) is 28.6 Å². The van der Waals surface area contributed by atoms with E-state index >= 15 is 0 Å². The number of hydrogen-bond acceptors (Lipinski definition) is 5. The van der Waals surface area contributed by atoms with E-state index in [0.717, 1.165) is 69.3 Å². The maximum Gasteiger partial charge on any atom is 0.417 e. The van der Waals surface area contributed by atoms with E-state index < -0.39 is 11.7 Å². The van der Waals surface area contributed by atoms with Gasteiger partial charge in [0.1, 0.15) is 0 Å². The van der Waals surface area contributed by atoms with Gasteiger partial charge in [-0.15, -0.1) is 0 Å². The Labute approximate surface area is 170 Å². The molecule has 0 amide bonds. The summed E-state index contributed by atoms with van der Waals surface area (Å²) in [5, 5.41) is 3.77. The van der Waals surface area contributed by atoms with E-state index in [0.29, 0.717) is 31.2 Å². The molecule has 4 unspecified atom stereocenters. The average molecular weight is 413 g/mol. The van der Waals surface area contributed by atoms with Crippen LogP contribution in [0, 0.1) is 5.92 Å². The van der Waals surface area contributed by atoms with Crippen molar-refractivity contribution in [3.8, 4) is 0 Å². The molecule has 1 N–H and O–H groups in total. The zero-order valence-electron chi connectivity index (χ0n) is 16.9. The average Bonchev–Trinajstić information content (AvgIpc) is 3.14. The predicted octanol–water partition coefficient (Wildman–Crippen LogP) is 3.02.